The van der Waals surface area contributed by atoms with Gasteiger partial charge in [0.1, 0.15) is 5.60 Å². The molecule has 1 rings (SSSR count). The number of nitrogens with one attached hydrogen (secondary N) is 2. The number of amides is 1. The molecule has 0 aliphatic rings. The van der Waals surface area contributed by atoms with E-state index in [0.29, 0.717) is 19.5 Å². The van der Waals surface area contributed by atoms with Crippen molar-refractivity contribution >= 4 is 23.5 Å². The molecule has 7 heteroatoms. The molecule has 5 nitrogen and oxygen atoms in total. The Balaban J connectivity index is 2.21. The zero-order chi connectivity index (χ0) is 15.2. The predicted octanol–water partition coefficient (Wildman–Crippen LogP) is 3.20. The fourth-order valence-electron chi connectivity index (χ4n) is 1.34. The largest absolute Gasteiger partial charge is 0.444 e. The molecule has 0 aliphatic carbocycles. The number of halogens is 2. The SMILES string of the molecule is CC(C)(C)OC(=O)NCCCNc1ncc(Cl)cc1F. The smallest absolute Gasteiger partial charge is 0.407 e. The summed E-state index contributed by atoms with van der Waals surface area (Å²) in [6.07, 6.45) is 1.52. The topological polar surface area (TPSA) is 63.2 Å². The van der Waals surface area contributed by atoms with Gasteiger partial charge in [0.25, 0.3) is 0 Å². The van der Waals surface area contributed by atoms with Crippen molar-refractivity contribution in [2.75, 3.05) is 18.4 Å². The van der Waals surface area contributed by atoms with Crippen LogP contribution in [0.2, 0.25) is 5.02 Å². The summed E-state index contributed by atoms with van der Waals surface area (Å²) in [5.41, 5.74) is -0.515. The number of carbonyl (C=O) groups excluding carboxylic acids is 1. The van der Waals surface area contributed by atoms with Gasteiger partial charge in [0.15, 0.2) is 11.6 Å². The van der Waals surface area contributed by atoms with E-state index in [1.165, 1.54) is 12.3 Å². The number of anilines is 1. The van der Waals surface area contributed by atoms with E-state index < -0.39 is 17.5 Å². The molecule has 112 valence electrons. The quantitative estimate of drug-likeness (QED) is 0.820. The summed E-state index contributed by atoms with van der Waals surface area (Å²) in [7, 11) is 0. The van der Waals surface area contributed by atoms with Gasteiger partial charge in [0.05, 0.1) is 5.02 Å². The standard InChI is InChI=1S/C13H19ClFN3O2/c1-13(2,3)20-12(19)17-6-4-5-16-11-10(15)7-9(14)8-18-11/h7-8H,4-6H2,1-3H3,(H,16,18)(H,17,19). The van der Waals surface area contributed by atoms with E-state index in [4.69, 9.17) is 16.3 Å². The predicted molar refractivity (Wildman–Crippen MR) is 76.5 cm³/mol. The Bertz CT molecular complexity index is 463. The summed E-state index contributed by atoms with van der Waals surface area (Å²) >= 11 is 5.60. The molecular weight excluding hydrogens is 285 g/mol. The number of hydrogen-bond donors (Lipinski definition) is 2. The third kappa shape index (κ3) is 6.56. The van der Waals surface area contributed by atoms with Gasteiger partial charge in [0.2, 0.25) is 0 Å². The molecule has 20 heavy (non-hydrogen) atoms. The number of nitrogens with zero attached hydrogens (tertiary/aromatic N) is 1. The van der Waals surface area contributed by atoms with Gasteiger partial charge in [-0.25, -0.2) is 14.2 Å². The third-order valence-electron chi connectivity index (χ3n) is 2.12. The van der Waals surface area contributed by atoms with E-state index >= 15 is 0 Å². The molecule has 0 spiro atoms. The van der Waals surface area contributed by atoms with Gasteiger partial charge < -0.3 is 15.4 Å². The first-order valence-corrected chi connectivity index (χ1v) is 6.67. The summed E-state index contributed by atoms with van der Waals surface area (Å²) < 4.78 is 18.5. The van der Waals surface area contributed by atoms with Gasteiger partial charge in [-0.2, -0.15) is 0 Å². The molecule has 0 fully saturated rings. The van der Waals surface area contributed by atoms with E-state index in [9.17, 15) is 9.18 Å². The molecule has 1 aromatic rings. The normalized spacial score (nSPS) is 11.1. The first kappa shape index (κ1) is 16.5. The maximum absolute atomic E-state index is 13.4. The van der Waals surface area contributed by atoms with Gasteiger partial charge in [-0.3, -0.25) is 0 Å². The molecule has 0 saturated heterocycles. The number of alkyl carbamates (subject to hydrolysis) is 1. The van der Waals surface area contributed by atoms with Crippen LogP contribution < -0.4 is 10.6 Å². The highest BCUT2D eigenvalue weighted by molar-refractivity contribution is 6.30. The van der Waals surface area contributed by atoms with Crippen LogP contribution in [0.3, 0.4) is 0 Å². The molecule has 0 saturated carbocycles. The number of rotatable bonds is 5. The minimum absolute atomic E-state index is 0.145. The molecule has 0 aromatic carbocycles. The monoisotopic (exact) mass is 303 g/mol. The molecular formula is C13H19ClFN3O2. The first-order valence-electron chi connectivity index (χ1n) is 6.30. The van der Waals surface area contributed by atoms with Crippen molar-refractivity contribution in [1.29, 1.82) is 0 Å². The van der Waals surface area contributed by atoms with Crippen LogP contribution >= 0.6 is 11.6 Å². The first-order chi connectivity index (χ1) is 9.28. The summed E-state index contributed by atoms with van der Waals surface area (Å²) in [6.45, 7) is 6.29. The Kier molecular flexibility index (Phi) is 6.01. The Hall–Kier alpha value is -1.56. The fraction of sp³-hybridized carbons (Fsp3) is 0.538. The maximum atomic E-state index is 13.4. The molecule has 0 radical (unpaired) electrons. The zero-order valence-corrected chi connectivity index (χ0v) is 12.6. The Morgan fingerprint density at radius 3 is 2.75 bits per heavy atom. The average Bonchev–Trinajstić information content (AvgIpc) is 2.28. The van der Waals surface area contributed by atoms with Crippen LogP contribution in [0.25, 0.3) is 0 Å². The summed E-state index contributed by atoms with van der Waals surface area (Å²) in [6, 6.07) is 1.19. The van der Waals surface area contributed by atoms with E-state index in [-0.39, 0.29) is 10.8 Å². The van der Waals surface area contributed by atoms with Gasteiger partial charge >= 0.3 is 6.09 Å². The summed E-state index contributed by atoms with van der Waals surface area (Å²) in [4.78, 5) is 15.2. The van der Waals surface area contributed by atoms with E-state index in [2.05, 4.69) is 15.6 Å². The molecule has 0 atom stereocenters. The maximum Gasteiger partial charge on any atom is 0.407 e. The second kappa shape index (κ2) is 7.28. The van der Waals surface area contributed by atoms with Crippen LogP contribution in [0.4, 0.5) is 15.0 Å². The second-order valence-corrected chi connectivity index (χ2v) is 5.63. The Labute approximate surface area is 122 Å². The van der Waals surface area contributed by atoms with Gasteiger partial charge in [0, 0.05) is 19.3 Å². The van der Waals surface area contributed by atoms with Crippen molar-refractivity contribution in [1.82, 2.24) is 10.3 Å². The lowest BCUT2D eigenvalue weighted by Crippen LogP contribution is -2.33. The van der Waals surface area contributed by atoms with Crippen molar-refractivity contribution in [3.8, 4) is 0 Å². The van der Waals surface area contributed by atoms with Crippen molar-refractivity contribution in [3.05, 3.63) is 23.1 Å². The molecule has 0 aliphatic heterocycles. The molecule has 0 bridgehead atoms. The number of hydrogen-bond acceptors (Lipinski definition) is 4. The van der Waals surface area contributed by atoms with Crippen LogP contribution in [0, 0.1) is 5.82 Å². The van der Waals surface area contributed by atoms with Crippen LogP contribution in [0.5, 0.6) is 0 Å². The van der Waals surface area contributed by atoms with Crippen molar-refractivity contribution in [3.63, 3.8) is 0 Å². The van der Waals surface area contributed by atoms with Crippen molar-refractivity contribution in [2.45, 2.75) is 32.8 Å². The van der Waals surface area contributed by atoms with E-state index in [1.54, 1.807) is 20.8 Å². The lowest BCUT2D eigenvalue weighted by molar-refractivity contribution is 0.0528. The highest BCUT2D eigenvalue weighted by atomic mass is 35.5. The number of ether oxygens (including phenoxy) is 1. The van der Waals surface area contributed by atoms with Crippen LogP contribution in [-0.4, -0.2) is 29.8 Å². The van der Waals surface area contributed by atoms with Gasteiger partial charge in [-0.05, 0) is 33.3 Å². The highest BCUT2D eigenvalue weighted by Crippen LogP contribution is 2.15. The minimum Gasteiger partial charge on any atom is -0.444 e. The summed E-state index contributed by atoms with van der Waals surface area (Å²) in [5.74, 6) is -0.357. The van der Waals surface area contributed by atoms with Gasteiger partial charge in [-0.1, -0.05) is 11.6 Å². The van der Waals surface area contributed by atoms with Gasteiger partial charge in [-0.15, -0.1) is 0 Å². The molecule has 1 aromatic heterocycles. The zero-order valence-electron chi connectivity index (χ0n) is 11.8. The second-order valence-electron chi connectivity index (χ2n) is 5.19. The number of aromatic nitrogens is 1. The molecule has 2 N–H and O–H groups in total. The van der Waals surface area contributed by atoms with Crippen LogP contribution in [0.15, 0.2) is 12.3 Å². The Morgan fingerprint density at radius 2 is 2.15 bits per heavy atom. The molecule has 1 heterocycles. The van der Waals surface area contributed by atoms with E-state index in [0.717, 1.165) is 0 Å². The molecule has 1 amide bonds. The minimum atomic E-state index is -0.515. The van der Waals surface area contributed by atoms with Crippen molar-refractivity contribution < 1.29 is 13.9 Å². The average molecular weight is 304 g/mol. The Morgan fingerprint density at radius 1 is 1.45 bits per heavy atom. The molecule has 0 unspecified atom stereocenters. The third-order valence-corrected chi connectivity index (χ3v) is 2.33. The lowest BCUT2D eigenvalue weighted by Gasteiger charge is -2.19. The van der Waals surface area contributed by atoms with Crippen LogP contribution in [0.1, 0.15) is 27.2 Å². The van der Waals surface area contributed by atoms with E-state index in [1.807, 2.05) is 0 Å². The van der Waals surface area contributed by atoms with Crippen molar-refractivity contribution in [2.24, 2.45) is 0 Å². The number of pyridine rings is 1. The van der Waals surface area contributed by atoms with Crippen LogP contribution in [-0.2, 0) is 4.74 Å². The summed E-state index contributed by atoms with van der Waals surface area (Å²) in [5, 5.41) is 5.69. The lowest BCUT2D eigenvalue weighted by atomic mass is 10.2. The fourth-order valence-corrected chi connectivity index (χ4v) is 1.49. The number of carbonyl (C=O) groups is 1. The highest BCUT2D eigenvalue weighted by Gasteiger charge is 2.15.